The summed E-state index contributed by atoms with van der Waals surface area (Å²) in [5, 5.41) is 12.5. The van der Waals surface area contributed by atoms with Gasteiger partial charge in [0.1, 0.15) is 5.54 Å². The smallest absolute Gasteiger partial charge is 0.108 e. The van der Waals surface area contributed by atoms with E-state index in [1.54, 1.807) is 0 Å². The van der Waals surface area contributed by atoms with Crippen LogP contribution in [0.5, 0.6) is 0 Å². The maximum atomic E-state index is 9.25. The quantitative estimate of drug-likeness (QED) is 0.776. The minimum Gasteiger partial charge on any atom is -0.302 e. The lowest BCUT2D eigenvalue weighted by atomic mass is 9.99. The monoisotopic (exact) mass is 223 g/mol. The molecule has 0 aromatic heterocycles. The van der Waals surface area contributed by atoms with Gasteiger partial charge in [-0.15, -0.1) is 0 Å². The second-order valence-corrected chi connectivity index (χ2v) is 4.93. The number of nitriles is 1. The lowest BCUT2D eigenvalue weighted by Crippen LogP contribution is -2.44. The van der Waals surface area contributed by atoms with Crippen LogP contribution >= 0.6 is 0 Å². The number of hydrogen-bond donors (Lipinski definition) is 1. The molecule has 3 nitrogen and oxygen atoms in total. The van der Waals surface area contributed by atoms with E-state index in [0.29, 0.717) is 12.1 Å². The molecule has 1 saturated carbocycles. The minimum atomic E-state index is -0.272. The maximum absolute atomic E-state index is 9.25. The molecule has 0 aromatic rings. The van der Waals surface area contributed by atoms with Gasteiger partial charge in [-0.3, -0.25) is 4.90 Å². The Morgan fingerprint density at radius 3 is 2.62 bits per heavy atom. The van der Waals surface area contributed by atoms with E-state index < -0.39 is 0 Å². The van der Waals surface area contributed by atoms with E-state index in [4.69, 9.17) is 0 Å². The van der Waals surface area contributed by atoms with Crippen LogP contribution in [0.1, 0.15) is 46.5 Å². The Labute approximate surface area is 99.8 Å². The van der Waals surface area contributed by atoms with Crippen molar-refractivity contribution in [3.05, 3.63) is 0 Å². The molecule has 1 fully saturated rings. The lowest BCUT2D eigenvalue weighted by molar-refractivity contribution is 0.146. The Kier molecular flexibility index (Phi) is 4.76. The summed E-state index contributed by atoms with van der Waals surface area (Å²) in [6.45, 7) is 7.83. The van der Waals surface area contributed by atoms with Gasteiger partial charge in [0, 0.05) is 12.1 Å². The van der Waals surface area contributed by atoms with Gasteiger partial charge < -0.3 is 5.32 Å². The van der Waals surface area contributed by atoms with E-state index in [0.717, 1.165) is 25.8 Å². The van der Waals surface area contributed by atoms with E-state index in [9.17, 15) is 5.26 Å². The van der Waals surface area contributed by atoms with Crippen molar-refractivity contribution < 1.29 is 0 Å². The maximum Gasteiger partial charge on any atom is 0.108 e. The number of nitrogens with zero attached hydrogens (tertiary/aromatic N) is 2. The third-order valence-electron chi connectivity index (χ3n) is 4.17. The highest BCUT2D eigenvalue weighted by Crippen LogP contribution is 2.33. The third kappa shape index (κ3) is 2.56. The van der Waals surface area contributed by atoms with Gasteiger partial charge in [0.2, 0.25) is 0 Å². The molecular weight excluding hydrogens is 198 g/mol. The molecule has 3 unspecified atom stereocenters. The molecule has 3 heteroatoms. The van der Waals surface area contributed by atoms with Crippen molar-refractivity contribution in [1.82, 2.24) is 10.2 Å². The average molecular weight is 223 g/mol. The molecule has 1 rings (SSSR count). The van der Waals surface area contributed by atoms with Crippen molar-refractivity contribution in [2.45, 2.75) is 64.1 Å². The molecule has 0 amide bonds. The van der Waals surface area contributed by atoms with Gasteiger partial charge >= 0.3 is 0 Å². The fourth-order valence-electron chi connectivity index (χ4n) is 2.85. The number of rotatable bonds is 5. The number of hydrogen-bond acceptors (Lipinski definition) is 3. The first-order valence-electron chi connectivity index (χ1n) is 6.48. The zero-order chi connectivity index (χ0) is 12.2. The van der Waals surface area contributed by atoms with Gasteiger partial charge in [0.15, 0.2) is 0 Å². The molecule has 0 radical (unpaired) electrons. The topological polar surface area (TPSA) is 39.1 Å². The second-order valence-electron chi connectivity index (χ2n) is 4.93. The summed E-state index contributed by atoms with van der Waals surface area (Å²) in [4.78, 5) is 2.55. The highest BCUT2D eigenvalue weighted by Gasteiger charge is 2.40. The molecule has 0 saturated heterocycles. The van der Waals surface area contributed by atoms with Crippen LogP contribution in [0.15, 0.2) is 0 Å². The van der Waals surface area contributed by atoms with Gasteiger partial charge in [-0.2, -0.15) is 5.26 Å². The summed E-state index contributed by atoms with van der Waals surface area (Å²) < 4.78 is 0. The van der Waals surface area contributed by atoms with Crippen LogP contribution in [-0.4, -0.2) is 36.1 Å². The second kappa shape index (κ2) is 5.65. The van der Waals surface area contributed by atoms with Crippen LogP contribution in [0, 0.1) is 11.3 Å². The van der Waals surface area contributed by atoms with Crippen LogP contribution in [0.25, 0.3) is 0 Å². The zero-order valence-electron chi connectivity index (χ0n) is 11.1. The van der Waals surface area contributed by atoms with E-state index in [1.807, 2.05) is 7.05 Å². The molecule has 0 spiro atoms. The SMILES string of the molecule is CCC(C)N(CC)C1CCC(C#N)(NC)C1. The standard InChI is InChI=1S/C13H25N3/c1-5-11(3)16(6-2)12-7-8-13(9-12,10-14)15-4/h11-12,15H,5-9H2,1-4H3. The van der Waals surface area contributed by atoms with Crippen molar-refractivity contribution in [1.29, 1.82) is 5.26 Å². The molecule has 3 atom stereocenters. The fourth-order valence-corrected chi connectivity index (χ4v) is 2.85. The van der Waals surface area contributed by atoms with Crippen LogP contribution in [0.4, 0.5) is 0 Å². The largest absolute Gasteiger partial charge is 0.302 e. The summed E-state index contributed by atoms with van der Waals surface area (Å²) in [6.07, 6.45) is 4.28. The molecule has 1 N–H and O–H groups in total. The first-order chi connectivity index (χ1) is 7.62. The first kappa shape index (κ1) is 13.5. The molecular formula is C13H25N3. The van der Waals surface area contributed by atoms with Crippen LogP contribution in [-0.2, 0) is 0 Å². The van der Waals surface area contributed by atoms with Gasteiger partial charge in [0.05, 0.1) is 6.07 Å². The van der Waals surface area contributed by atoms with Crippen molar-refractivity contribution in [3.8, 4) is 6.07 Å². The molecule has 0 heterocycles. The van der Waals surface area contributed by atoms with Gasteiger partial charge in [-0.05, 0) is 46.2 Å². The van der Waals surface area contributed by atoms with Crippen LogP contribution in [0.2, 0.25) is 0 Å². The Bertz CT molecular complexity index is 258. The van der Waals surface area contributed by atoms with Gasteiger partial charge in [-0.25, -0.2) is 0 Å². The molecule has 0 bridgehead atoms. The third-order valence-corrected chi connectivity index (χ3v) is 4.17. The number of nitrogens with one attached hydrogen (secondary N) is 1. The molecule has 92 valence electrons. The van der Waals surface area contributed by atoms with E-state index in [2.05, 4.69) is 37.1 Å². The Hall–Kier alpha value is -0.590. The van der Waals surface area contributed by atoms with Crippen LogP contribution < -0.4 is 5.32 Å². The minimum absolute atomic E-state index is 0.272. The summed E-state index contributed by atoms with van der Waals surface area (Å²) in [5.74, 6) is 0. The predicted molar refractivity (Wildman–Crippen MR) is 67.2 cm³/mol. The summed E-state index contributed by atoms with van der Waals surface area (Å²) >= 11 is 0. The Morgan fingerprint density at radius 2 is 2.25 bits per heavy atom. The summed E-state index contributed by atoms with van der Waals surface area (Å²) in [6, 6.07) is 3.66. The van der Waals surface area contributed by atoms with E-state index in [1.165, 1.54) is 6.42 Å². The van der Waals surface area contributed by atoms with E-state index >= 15 is 0 Å². The van der Waals surface area contributed by atoms with E-state index in [-0.39, 0.29) is 5.54 Å². The highest BCUT2D eigenvalue weighted by molar-refractivity contribution is 5.13. The molecule has 0 aliphatic heterocycles. The Balaban J connectivity index is 2.67. The zero-order valence-corrected chi connectivity index (χ0v) is 11.1. The van der Waals surface area contributed by atoms with Gasteiger partial charge in [0.25, 0.3) is 0 Å². The normalized spacial score (nSPS) is 31.6. The molecule has 0 aromatic carbocycles. The predicted octanol–water partition coefficient (Wildman–Crippen LogP) is 2.14. The molecule has 1 aliphatic carbocycles. The van der Waals surface area contributed by atoms with Gasteiger partial charge in [-0.1, -0.05) is 13.8 Å². The highest BCUT2D eigenvalue weighted by atomic mass is 15.2. The Morgan fingerprint density at radius 1 is 1.56 bits per heavy atom. The van der Waals surface area contributed by atoms with Crippen molar-refractivity contribution in [2.24, 2.45) is 0 Å². The fraction of sp³-hybridized carbons (Fsp3) is 0.923. The molecule has 1 aliphatic rings. The summed E-state index contributed by atoms with van der Waals surface area (Å²) in [5.41, 5.74) is -0.272. The van der Waals surface area contributed by atoms with Crippen molar-refractivity contribution >= 4 is 0 Å². The first-order valence-corrected chi connectivity index (χ1v) is 6.48. The summed E-state index contributed by atoms with van der Waals surface area (Å²) in [7, 11) is 1.91. The van der Waals surface area contributed by atoms with Crippen molar-refractivity contribution in [3.63, 3.8) is 0 Å². The lowest BCUT2D eigenvalue weighted by Gasteiger charge is -2.33. The van der Waals surface area contributed by atoms with Crippen molar-refractivity contribution in [2.75, 3.05) is 13.6 Å². The van der Waals surface area contributed by atoms with Crippen LogP contribution in [0.3, 0.4) is 0 Å². The average Bonchev–Trinajstić information content (AvgIpc) is 2.75. The molecule has 16 heavy (non-hydrogen) atoms.